The second-order valence-electron chi connectivity index (χ2n) is 2.50. The largest absolute Gasteiger partial charge is 0.320 e. The molecule has 13 heavy (non-hydrogen) atoms. The molecule has 1 heterocycles. The quantitative estimate of drug-likeness (QED) is 0.683. The zero-order chi connectivity index (χ0) is 9.68. The van der Waals surface area contributed by atoms with Crippen molar-refractivity contribution in [2.75, 3.05) is 5.32 Å². The summed E-state index contributed by atoms with van der Waals surface area (Å²) >= 11 is 0. The molecule has 0 aliphatic rings. The van der Waals surface area contributed by atoms with Crippen LogP contribution in [-0.4, -0.2) is 21.3 Å². The van der Waals surface area contributed by atoms with Gasteiger partial charge in [0, 0.05) is 6.42 Å². The fourth-order valence-electron chi connectivity index (χ4n) is 0.809. The number of H-pyrrole nitrogens is 1. The highest BCUT2D eigenvalue weighted by Gasteiger charge is 2.03. The number of hydrogen-bond donors (Lipinski definition) is 2. The van der Waals surface area contributed by atoms with E-state index in [4.69, 9.17) is 0 Å². The van der Waals surface area contributed by atoms with Crippen molar-refractivity contribution in [2.45, 2.75) is 19.8 Å². The number of aromatic amines is 1. The van der Waals surface area contributed by atoms with Gasteiger partial charge in [-0.25, -0.2) is 5.10 Å². The van der Waals surface area contributed by atoms with E-state index >= 15 is 0 Å². The molecule has 0 unspecified atom stereocenters. The smallest absolute Gasteiger partial charge is 0.290 e. The molecule has 0 aliphatic heterocycles. The lowest BCUT2D eigenvalue weighted by Crippen LogP contribution is -2.20. The van der Waals surface area contributed by atoms with Gasteiger partial charge in [-0.05, 0) is 6.42 Å². The lowest BCUT2D eigenvalue weighted by Gasteiger charge is -2.00. The summed E-state index contributed by atoms with van der Waals surface area (Å²) in [5, 5.41) is 11.2. The van der Waals surface area contributed by atoms with Crippen LogP contribution in [0.2, 0.25) is 0 Å². The average Bonchev–Trinajstić information content (AvgIpc) is 2.09. The molecule has 0 bridgehead atoms. The predicted octanol–water partition coefficient (Wildman–Crippen LogP) is -0.0965. The van der Waals surface area contributed by atoms with Crippen LogP contribution in [0.1, 0.15) is 19.8 Å². The van der Waals surface area contributed by atoms with E-state index in [0.29, 0.717) is 6.42 Å². The van der Waals surface area contributed by atoms with Gasteiger partial charge in [0.25, 0.3) is 5.56 Å². The van der Waals surface area contributed by atoms with Crippen LogP contribution in [0.25, 0.3) is 0 Å². The molecule has 0 atom stereocenters. The van der Waals surface area contributed by atoms with E-state index in [-0.39, 0.29) is 11.6 Å². The zero-order valence-electron chi connectivity index (χ0n) is 7.20. The number of amides is 1. The Hall–Kier alpha value is -1.72. The first-order valence-electron chi connectivity index (χ1n) is 3.94. The first-order valence-corrected chi connectivity index (χ1v) is 3.94. The van der Waals surface area contributed by atoms with Gasteiger partial charge in [0.2, 0.25) is 5.91 Å². The van der Waals surface area contributed by atoms with Crippen molar-refractivity contribution >= 4 is 11.6 Å². The fraction of sp³-hybridized carbons (Fsp3) is 0.429. The van der Waals surface area contributed by atoms with Gasteiger partial charge in [-0.15, -0.1) is 5.10 Å². The van der Waals surface area contributed by atoms with E-state index in [0.717, 1.165) is 6.42 Å². The Morgan fingerprint density at radius 3 is 3.08 bits per heavy atom. The van der Waals surface area contributed by atoms with Gasteiger partial charge in [-0.2, -0.15) is 0 Å². The molecule has 1 aromatic heterocycles. The maximum Gasteiger partial charge on any atom is 0.290 e. The first kappa shape index (κ1) is 9.37. The predicted molar refractivity (Wildman–Crippen MR) is 46.2 cm³/mol. The molecular formula is C7H10N4O2. The molecule has 0 aliphatic carbocycles. The molecular weight excluding hydrogens is 172 g/mol. The van der Waals surface area contributed by atoms with E-state index < -0.39 is 5.56 Å². The summed E-state index contributed by atoms with van der Waals surface area (Å²) in [5.74, 6) is -0.194. The van der Waals surface area contributed by atoms with Crippen LogP contribution in [0.3, 0.4) is 0 Å². The topological polar surface area (TPSA) is 87.7 Å². The van der Waals surface area contributed by atoms with Crippen molar-refractivity contribution in [1.29, 1.82) is 0 Å². The maximum atomic E-state index is 11.1. The summed E-state index contributed by atoms with van der Waals surface area (Å²) in [6.07, 6.45) is 2.34. The lowest BCUT2D eigenvalue weighted by molar-refractivity contribution is -0.116. The summed E-state index contributed by atoms with van der Waals surface area (Å²) in [6.45, 7) is 1.88. The summed E-state index contributed by atoms with van der Waals surface area (Å²) < 4.78 is 0. The summed E-state index contributed by atoms with van der Waals surface area (Å²) in [7, 11) is 0. The van der Waals surface area contributed by atoms with Gasteiger partial charge in [-0.3, -0.25) is 9.59 Å². The molecule has 2 N–H and O–H groups in total. The van der Waals surface area contributed by atoms with Crippen LogP contribution in [0, 0.1) is 0 Å². The molecule has 0 radical (unpaired) electrons. The molecule has 1 aromatic rings. The molecule has 0 spiro atoms. The molecule has 70 valence electrons. The van der Waals surface area contributed by atoms with E-state index in [2.05, 4.69) is 20.7 Å². The number of nitrogens with one attached hydrogen (secondary N) is 2. The molecule has 6 nitrogen and oxygen atoms in total. The van der Waals surface area contributed by atoms with E-state index in [1.54, 1.807) is 0 Å². The highest BCUT2D eigenvalue weighted by atomic mass is 16.2. The highest BCUT2D eigenvalue weighted by molar-refractivity contribution is 5.90. The Kier molecular flexibility index (Phi) is 3.13. The van der Waals surface area contributed by atoms with Gasteiger partial charge < -0.3 is 5.32 Å². The van der Waals surface area contributed by atoms with Crippen molar-refractivity contribution in [1.82, 2.24) is 15.4 Å². The molecule has 1 rings (SSSR count). The molecule has 0 aromatic carbocycles. The second-order valence-corrected chi connectivity index (χ2v) is 2.50. The minimum atomic E-state index is -0.445. The van der Waals surface area contributed by atoms with Crippen LogP contribution < -0.4 is 10.9 Å². The van der Waals surface area contributed by atoms with Gasteiger partial charge in [0.15, 0.2) is 0 Å². The number of hydrogen-bond acceptors (Lipinski definition) is 4. The molecule has 0 fully saturated rings. The van der Waals surface area contributed by atoms with Crippen molar-refractivity contribution in [3.05, 3.63) is 16.6 Å². The molecule has 1 amide bonds. The highest BCUT2D eigenvalue weighted by Crippen LogP contribution is 1.95. The maximum absolute atomic E-state index is 11.1. The Morgan fingerprint density at radius 2 is 2.46 bits per heavy atom. The SMILES string of the molecule is CCCC(=O)Nc1cnn[nH]c1=O. The van der Waals surface area contributed by atoms with Crippen LogP contribution in [0.4, 0.5) is 5.69 Å². The number of rotatable bonds is 3. The number of nitrogens with zero attached hydrogens (tertiary/aromatic N) is 2. The summed E-state index contributed by atoms with van der Waals surface area (Å²) in [6, 6.07) is 0. The second kappa shape index (κ2) is 4.34. The number of aromatic nitrogens is 3. The normalized spacial score (nSPS) is 9.62. The minimum Gasteiger partial charge on any atom is -0.320 e. The number of anilines is 1. The monoisotopic (exact) mass is 182 g/mol. The van der Waals surface area contributed by atoms with E-state index in [9.17, 15) is 9.59 Å². The van der Waals surface area contributed by atoms with Crippen molar-refractivity contribution < 1.29 is 4.79 Å². The number of carbonyl (C=O) groups is 1. The summed E-state index contributed by atoms with van der Waals surface area (Å²) in [4.78, 5) is 22.0. The van der Waals surface area contributed by atoms with Crippen LogP contribution in [-0.2, 0) is 4.79 Å². The Balaban J connectivity index is 2.69. The third-order valence-corrected chi connectivity index (χ3v) is 1.39. The van der Waals surface area contributed by atoms with E-state index in [1.807, 2.05) is 6.92 Å². The van der Waals surface area contributed by atoms with Crippen molar-refractivity contribution in [2.24, 2.45) is 0 Å². The Labute approximate surface area is 74.4 Å². The number of carbonyl (C=O) groups excluding carboxylic acids is 1. The lowest BCUT2D eigenvalue weighted by atomic mass is 10.3. The molecule has 0 saturated carbocycles. The van der Waals surface area contributed by atoms with Gasteiger partial charge in [-0.1, -0.05) is 12.1 Å². The zero-order valence-corrected chi connectivity index (χ0v) is 7.20. The van der Waals surface area contributed by atoms with Crippen LogP contribution in [0.15, 0.2) is 11.0 Å². The minimum absolute atomic E-state index is 0.133. The Morgan fingerprint density at radius 1 is 1.69 bits per heavy atom. The average molecular weight is 182 g/mol. The third kappa shape index (κ3) is 2.66. The fourth-order valence-corrected chi connectivity index (χ4v) is 0.809. The van der Waals surface area contributed by atoms with Crippen LogP contribution >= 0.6 is 0 Å². The van der Waals surface area contributed by atoms with E-state index in [1.165, 1.54) is 6.20 Å². The third-order valence-electron chi connectivity index (χ3n) is 1.39. The first-order chi connectivity index (χ1) is 6.24. The van der Waals surface area contributed by atoms with Crippen LogP contribution in [0.5, 0.6) is 0 Å². The van der Waals surface area contributed by atoms with Gasteiger partial charge >= 0.3 is 0 Å². The molecule has 0 saturated heterocycles. The van der Waals surface area contributed by atoms with Crippen molar-refractivity contribution in [3.63, 3.8) is 0 Å². The van der Waals surface area contributed by atoms with Gasteiger partial charge in [0.05, 0.1) is 6.20 Å². The standard InChI is InChI=1S/C7H10N4O2/c1-2-3-6(12)9-5-4-8-11-10-7(5)13/h4H,2-3H2,1H3,(H,8,10,13)(H,9,11,12). The van der Waals surface area contributed by atoms with Crippen molar-refractivity contribution in [3.8, 4) is 0 Å². The molecule has 6 heteroatoms. The summed E-state index contributed by atoms with van der Waals surface area (Å²) in [5.41, 5.74) is -0.312. The van der Waals surface area contributed by atoms with Gasteiger partial charge in [0.1, 0.15) is 5.69 Å². The Bertz CT molecular complexity index is 346.